The highest BCUT2D eigenvalue weighted by Crippen LogP contribution is 2.31. The zero-order chi connectivity index (χ0) is 18.8. The molecule has 0 bridgehead atoms. The molecule has 2 fully saturated rings. The summed E-state index contributed by atoms with van der Waals surface area (Å²) in [5, 5.41) is 11.5. The Labute approximate surface area is 161 Å². The number of hydrogen-bond donors (Lipinski definition) is 0. The Kier molecular flexibility index (Phi) is 5.09. The Morgan fingerprint density at radius 3 is 2.81 bits per heavy atom. The molecule has 1 aromatic carbocycles. The molecule has 0 saturated carbocycles. The minimum Gasteiger partial charge on any atom is -0.348 e. The Balaban J connectivity index is 1.37. The molecule has 0 aromatic heterocycles. The number of amidine groups is 1. The van der Waals surface area contributed by atoms with Gasteiger partial charge in [0.25, 0.3) is 11.6 Å². The lowest BCUT2D eigenvalue weighted by molar-refractivity contribution is -0.384. The Hall–Kier alpha value is -2.45. The Morgan fingerprint density at radius 1 is 1.22 bits per heavy atom. The van der Waals surface area contributed by atoms with Crippen LogP contribution in [0.15, 0.2) is 46.3 Å². The van der Waals surface area contributed by atoms with Crippen LogP contribution in [-0.4, -0.2) is 58.0 Å². The van der Waals surface area contributed by atoms with E-state index in [4.69, 9.17) is 0 Å². The fourth-order valence-electron chi connectivity index (χ4n) is 3.67. The molecule has 140 valence electrons. The molecule has 0 aliphatic carbocycles. The van der Waals surface area contributed by atoms with Gasteiger partial charge in [0.2, 0.25) is 0 Å². The van der Waals surface area contributed by atoms with Gasteiger partial charge in [0.1, 0.15) is 0 Å². The lowest BCUT2D eigenvalue weighted by Crippen LogP contribution is -2.51. The van der Waals surface area contributed by atoms with Gasteiger partial charge in [-0.2, -0.15) is 4.99 Å². The standard InChI is InChI=1S/C19H20N4O3S/c24-18-17(5-1-3-14-6-8-15(9-7-14)23(25)26)27-19(20-18)22-12-11-21-10-2-4-16(21)13-22/h1,3,5-9,16H,2,4,10-13H2. The molecule has 0 radical (unpaired) electrons. The van der Waals surface area contributed by atoms with E-state index in [1.54, 1.807) is 24.3 Å². The summed E-state index contributed by atoms with van der Waals surface area (Å²) in [6.07, 6.45) is 7.85. The Bertz CT molecular complexity index is 847. The molecule has 3 aliphatic rings. The third-order valence-corrected chi connectivity index (χ3v) is 6.17. The number of non-ortho nitro benzene ring substituents is 1. The van der Waals surface area contributed by atoms with Crippen molar-refractivity contribution in [3.63, 3.8) is 0 Å². The van der Waals surface area contributed by atoms with Gasteiger partial charge < -0.3 is 4.90 Å². The number of aliphatic imine (C=N–C) groups is 1. The number of fused-ring (bicyclic) bond motifs is 1. The first-order valence-electron chi connectivity index (χ1n) is 9.03. The minimum absolute atomic E-state index is 0.0624. The number of amides is 1. The summed E-state index contributed by atoms with van der Waals surface area (Å²) in [6, 6.07) is 6.88. The van der Waals surface area contributed by atoms with Crippen LogP contribution in [0.5, 0.6) is 0 Å². The van der Waals surface area contributed by atoms with Crippen LogP contribution in [-0.2, 0) is 4.79 Å². The quantitative estimate of drug-likeness (QED) is 0.453. The molecule has 1 atom stereocenters. The molecule has 1 unspecified atom stereocenters. The topological polar surface area (TPSA) is 79.0 Å². The van der Waals surface area contributed by atoms with Crippen molar-refractivity contribution in [2.45, 2.75) is 18.9 Å². The van der Waals surface area contributed by atoms with Gasteiger partial charge in [0.15, 0.2) is 5.17 Å². The molecule has 1 aromatic rings. The van der Waals surface area contributed by atoms with Crippen molar-refractivity contribution in [3.8, 4) is 0 Å². The van der Waals surface area contributed by atoms with E-state index in [9.17, 15) is 14.9 Å². The second kappa shape index (κ2) is 7.66. The second-order valence-electron chi connectivity index (χ2n) is 6.82. The number of thioether (sulfide) groups is 1. The van der Waals surface area contributed by atoms with E-state index in [0.29, 0.717) is 10.9 Å². The summed E-state index contributed by atoms with van der Waals surface area (Å²) in [4.78, 5) is 32.1. The first-order chi connectivity index (χ1) is 13.1. The summed E-state index contributed by atoms with van der Waals surface area (Å²) < 4.78 is 0. The number of carbonyl (C=O) groups is 1. The van der Waals surface area contributed by atoms with Crippen molar-refractivity contribution in [3.05, 3.63) is 57.0 Å². The van der Waals surface area contributed by atoms with E-state index < -0.39 is 4.92 Å². The van der Waals surface area contributed by atoms with Crippen LogP contribution >= 0.6 is 11.8 Å². The van der Waals surface area contributed by atoms with Crippen molar-refractivity contribution < 1.29 is 9.72 Å². The van der Waals surface area contributed by atoms with Gasteiger partial charge in [-0.15, -0.1) is 0 Å². The normalized spacial score (nSPS) is 24.7. The van der Waals surface area contributed by atoms with Crippen LogP contribution in [0.1, 0.15) is 18.4 Å². The predicted octanol–water partition coefficient (Wildman–Crippen LogP) is 2.90. The lowest BCUT2D eigenvalue weighted by Gasteiger charge is -2.38. The number of hydrogen-bond acceptors (Lipinski definition) is 6. The van der Waals surface area contributed by atoms with Gasteiger partial charge in [-0.25, -0.2) is 0 Å². The fourth-order valence-corrected chi connectivity index (χ4v) is 4.57. The van der Waals surface area contributed by atoms with E-state index in [0.717, 1.165) is 30.4 Å². The van der Waals surface area contributed by atoms with Crippen LogP contribution < -0.4 is 0 Å². The maximum atomic E-state index is 12.2. The maximum absolute atomic E-state index is 12.2. The SMILES string of the molecule is O=C1N=C(N2CCN3CCCC3C2)SC1=CC=Cc1ccc([N+](=O)[O-])cc1. The van der Waals surface area contributed by atoms with E-state index in [2.05, 4.69) is 14.8 Å². The second-order valence-corrected chi connectivity index (χ2v) is 7.83. The van der Waals surface area contributed by atoms with E-state index in [-0.39, 0.29) is 11.6 Å². The monoisotopic (exact) mass is 384 g/mol. The van der Waals surface area contributed by atoms with Crippen LogP contribution in [0.3, 0.4) is 0 Å². The number of allylic oxidation sites excluding steroid dienone is 2. The molecule has 8 heteroatoms. The molecular formula is C19H20N4O3S. The number of carbonyl (C=O) groups excluding carboxylic acids is 1. The average molecular weight is 384 g/mol. The van der Waals surface area contributed by atoms with Gasteiger partial charge in [-0.05, 0) is 54.9 Å². The van der Waals surface area contributed by atoms with Crippen LogP contribution in [0, 0.1) is 10.1 Å². The molecule has 4 rings (SSSR count). The number of rotatable bonds is 3. The van der Waals surface area contributed by atoms with Crippen LogP contribution in [0.4, 0.5) is 5.69 Å². The first-order valence-corrected chi connectivity index (χ1v) is 9.84. The summed E-state index contributed by atoms with van der Waals surface area (Å²) in [6.45, 7) is 4.10. The third kappa shape index (κ3) is 3.96. The van der Waals surface area contributed by atoms with Crippen molar-refractivity contribution in [1.29, 1.82) is 0 Å². The zero-order valence-electron chi connectivity index (χ0n) is 14.8. The molecule has 7 nitrogen and oxygen atoms in total. The smallest absolute Gasteiger partial charge is 0.286 e. The van der Waals surface area contributed by atoms with Crippen LogP contribution in [0.25, 0.3) is 6.08 Å². The number of nitrogens with zero attached hydrogens (tertiary/aromatic N) is 4. The molecule has 3 aliphatic heterocycles. The zero-order valence-corrected chi connectivity index (χ0v) is 15.6. The van der Waals surface area contributed by atoms with Crippen molar-refractivity contribution in [1.82, 2.24) is 9.80 Å². The van der Waals surface area contributed by atoms with Crippen LogP contribution in [0.2, 0.25) is 0 Å². The van der Waals surface area contributed by atoms with Gasteiger partial charge in [0.05, 0.1) is 9.83 Å². The number of nitro groups is 1. The van der Waals surface area contributed by atoms with E-state index >= 15 is 0 Å². The van der Waals surface area contributed by atoms with Gasteiger partial charge in [-0.1, -0.05) is 12.2 Å². The van der Waals surface area contributed by atoms with Crippen molar-refractivity contribution in [2.24, 2.45) is 4.99 Å². The summed E-state index contributed by atoms with van der Waals surface area (Å²) >= 11 is 1.43. The molecular weight excluding hydrogens is 364 g/mol. The highest BCUT2D eigenvalue weighted by molar-refractivity contribution is 8.18. The van der Waals surface area contributed by atoms with Crippen molar-refractivity contribution in [2.75, 3.05) is 26.2 Å². The average Bonchev–Trinajstić information content (AvgIpc) is 3.28. The molecule has 1 amide bonds. The number of benzene rings is 1. The van der Waals surface area contributed by atoms with E-state index in [1.165, 1.54) is 43.3 Å². The summed E-state index contributed by atoms with van der Waals surface area (Å²) in [7, 11) is 0. The lowest BCUT2D eigenvalue weighted by atomic mass is 10.2. The minimum atomic E-state index is -0.423. The number of nitro benzene ring substituents is 1. The third-order valence-electron chi connectivity index (χ3n) is 5.11. The highest BCUT2D eigenvalue weighted by Gasteiger charge is 2.34. The van der Waals surface area contributed by atoms with Gasteiger partial charge >= 0.3 is 0 Å². The first kappa shape index (κ1) is 17.9. The van der Waals surface area contributed by atoms with Crippen molar-refractivity contribution >= 4 is 34.6 Å². The molecule has 0 N–H and O–H groups in total. The molecule has 2 saturated heterocycles. The molecule has 27 heavy (non-hydrogen) atoms. The highest BCUT2D eigenvalue weighted by atomic mass is 32.2. The number of piperazine rings is 1. The fraction of sp³-hybridized carbons (Fsp3) is 0.368. The molecule has 3 heterocycles. The predicted molar refractivity (Wildman–Crippen MR) is 106 cm³/mol. The summed E-state index contributed by atoms with van der Waals surface area (Å²) in [5.41, 5.74) is 0.902. The summed E-state index contributed by atoms with van der Waals surface area (Å²) in [5.74, 6) is -0.197. The molecule has 0 spiro atoms. The Morgan fingerprint density at radius 2 is 2.04 bits per heavy atom. The van der Waals surface area contributed by atoms with Gasteiger partial charge in [-0.3, -0.25) is 19.8 Å². The largest absolute Gasteiger partial charge is 0.348 e. The van der Waals surface area contributed by atoms with E-state index in [1.807, 2.05) is 6.08 Å². The van der Waals surface area contributed by atoms with Gasteiger partial charge in [0, 0.05) is 37.8 Å². The maximum Gasteiger partial charge on any atom is 0.286 e.